The number of piperazine rings is 1. The van der Waals surface area contributed by atoms with Crippen LogP contribution in [0.25, 0.3) is 21.0 Å². The number of nitrogens with zero attached hydrogens (tertiary/aromatic N) is 3. The minimum atomic E-state index is -0.318. The van der Waals surface area contributed by atoms with Crippen molar-refractivity contribution in [3.05, 3.63) is 60.0 Å². The lowest BCUT2D eigenvalue weighted by atomic mass is 10.1. The minimum Gasteiger partial charge on any atom is -0.360 e. The molecule has 0 saturated carbocycles. The molecule has 154 valence electrons. The third-order valence-electron chi connectivity index (χ3n) is 5.85. The number of nitrogens with one attached hydrogen (secondary N) is 1. The normalized spacial score (nSPS) is 15.3. The van der Waals surface area contributed by atoms with Gasteiger partial charge in [0.05, 0.1) is 4.70 Å². The Balaban J connectivity index is 1.14. The van der Waals surface area contributed by atoms with Crippen molar-refractivity contribution in [2.75, 3.05) is 37.6 Å². The first-order valence-corrected chi connectivity index (χ1v) is 11.1. The summed E-state index contributed by atoms with van der Waals surface area (Å²) in [6.45, 7) is 4.73. The fourth-order valence-electron chi connectivity index (χ4n) is 4.21. The first kappa shape index (κ1) is 19.2. The molecule has 5 rings (SSSR count). The molecule has 0 atom stereocenters. The van der Waals surface area contributed by atoms with Gasteiger partial charge in [0.25, 0.3) is 0 Å². The molecule has 0 radical (unpaired) electrons. The van der Waals surface area contributed by atoms with Gasteiger partial charge in [-0.15, -0.1) is 0 Å². The van der Waals surface area contributed by atoms with Gasteiger partial charge in [-0.2, -0.15) is 4.37 Å². The summed E-state index contributed by atoms with van der Waals surface area (Å²) in [5, 5.41) is 1.90. The number of carbonyl (C=O) groups is 1. The van der Waals surface area contributed by atoms with Crippen LogP contribution in [0.4, 0.5) is 10.2 Å². The predicted octanol–water partition coefficient (Wildman–Crippen LogP) is 4.70. The average Bonchev–Trinajstić information content (AvgIpc) is 3.38. The largest absolute Gasteiger partial charge is 0.360 e. The summed E-state index contributed by atoms with van der Waals surface area (Å²) in [7, 11) is 0. The molecule has 0 bridgehead atoms. The van der Waals surface area contributed by atoms with E-state index in [1.54, 1.807) is 23.8 Å². The van der Waals surface area contributed by atoms with Gasteiger partial charge in [0.1, 0.15) is 11.6 Å². The Kier molecular flexibility index (Phi) is 5.23. The van der Waals surface area contributed by atoms with Crippen LogP contribution >= 0.6 is 11.5 Å². The number of rotatable bonds is 6. The Morgan fingerprint density at radius 1 is 1.10 bits per heavy atom. The second-order valence-electron chi connectivity index (χ2n) is 7.75. The number of H-pyrrole nitrogens is 1. The zero-order valence-electron chi connectivity index (χ0n) is 16.6. The highest BCUT2D eigenvalue weighted by Gasteiger charge is 2.21. The van der Waals surface area contributed by atoms with E-state index in [1.807, 2.05) is 0 Å². The summed E-state index contributed by atoms with van der Waals surface area (Å²) < 4.78 is 19.4. The molecule has 0 unspecified atom stereocenters. The highest BCUT2D eigenvalue weighted by atomic mass is 32.1. The first-order chi connectivity index (χ1) is 14.7. The van der Waals surface area contributed by atoms with Gasteiger partial charge in [-0.25, -0.2) is 4.39 Å². The Labute approximate surface area is 178 Å². The summed E-state index contributed by atoms with van der Waals surface area (Å²) in [4.78, 5) is 20.5. The van der Waals surface area contributed by atoms with Crippen molar-refractivity contribution in [3.63, 3.8) is 0 Å². The van der Waals surface area contributed by atoms with E-state index >= 15 is 0 Å². The Morgan fingerprint density at radius 3 is 2.80 bits per heavy atom. The van der Waals surface area contributed by atoms with E-state index in [9.17, 15) is 9.18 Å². The molecule has 1 saturated heterocycles. The van der Waals surface area contributed by atoms with Gasteiger partial charge in [0.2, 0.25) is 0 Å². The molecule has 0 spiro atoms. The Hall–Kier alpha value is -2.77. The molecular weight excluding hydrogens is 399 g/mol. The van der Waals surface area contributed by atoms with Crippen LogP contribution in [-0.4, -0.2) is 52.8 Å². The van der Waals surface area contributed by atoms with Crippen LogP contribution in [0, 0.1) is 5.82 Å². The summed E-state index contributed by atoms with van der Waals surface area (Å²) >= 11 is 1.56. The van der Waals surface area contributed by atoms with E-state index in [4.69, 9.17) is 0 Å². The van der Waals surface area contributed by atoms with E-state index in [0.717, 1.165) is 50.5 Å². The number of benzene rings is 2. The average molecular weight is 423 g/mol. The minimum absolute atomic E-state index is 0.0689. The van der Waals surface area contributed by atoms with Crippen LogP contribution in [0.15, 0.2) is 48.7 Å². The monoisotopic (exact) mass is 422 g/mol. The molecule has 1 N–H and O–H groups in total. The number of hydrogen-bond acceptors (Lipinski definition) is 5. The van der Waals surface area contributed by atoms with E-state index in [1.165, 1.54) is 22.2 Å². The zero-order valence-corrected chi connectivity index (χ0v) is 17.4. The van der Waals surface area contributed by atoms with Crippen molar-refractivity contribution >= 4 is 44.1 Å². The quantitative estimate of drug-likeness (QED) is 0.458. The predicted molar refractivity (Wildman–Crippen MR) is 120 cm³/mol. The summed E-state index contributed by atoms with van der Waals surface area (Å²) in [5.74, 6) is 0.846. The first-order valence-electron chi connectivity index (χ1n) is 10.3. The Bertz CT molecular complexity index is 1190. The molecule has 4 aromatic rings. The third-order valence-corrected chi connectivity index (χ3v) is 6.67. The van der Waals surface area contributed by atoms with Crippen LogP contribution in [0.1, 0.15) is 23.2 Å². The fraction of sp³-hybridized carbons (Fsp3) is 0.304. The molecule has 0 amide bonds. The lowest BCUT2D eigenvalue weighted by Crippen LogP contribution is -2.46. The van der Waals surface area contributed by atoms with Gasteiger partial charge in [-0.1, -0.05) is 12.1 Å². The van der Waals surface area contributed by atoms with Gasteiger partial charge in [-0.3, -0.25) is 9.69 Å². The van der Waals surface area contributed by atoms with Crippen LogP contribution in [0.5, 0.6) is 0 Å². The number of carbonyl (C=O) groups excluding carboxylic acids is 1. The number of fused-ring (bicyclic) bond motifs is 2. The maximum absolute atomic E-state index is 13.5. The number of aromatic amines is 1. The maximum atomic E-state index is 13.5. The van der Waals surface area contributed by atoms with E-state index in [0.29, 0.717) is 17.4 Å². The van der Waals surface area contributed by atoms with Crippen LogP contribution in [-0.2, 0) is 0 Å². The van der Waals surface area contributed by atoms with Gasteiger partial charge >= 0.3 is 0 Å². The molecule has 30 heavy (non-hydrogen) atoms. The molecular formula is C23H23FN4OS. The van der Waals surface area contributed by atoms with Crippen LogP contribution < -0.4 is 4.90 Å². The molecule has 7 heteroatoms. The number of anilines is 1. The lowest BCUT2D eigenvalue weighted by molar-refractivity contribution is 0.0976. The number of hydrogen-bond donors (Lipinski definition) is 1. The Morgan fingerprint density at radius 2 is 1.93 bits per heavy atom. The number of Topliss-reactive ketones (excluding diaryl/α,β-unsaturated/α-hetero) is 1. The molecule has 5 nitrogen and oxygen atoms in total. The maximum Gasteiger partial charge on any atom is 0.165 e. The van der Waals surface area contributed by atoms with Gasteiger partial charge < -0.3 is 9.88 Å². The van der Waals surface area contributed by atoms with Gasteiger partial charge in [0, 0.05) is 60.6 Å². The molecule has 1 aliphatic heterocycles. The van der Waals surface area contributed by atoms with Crippen LogP contribution in [0.2, 0.25) is 0 Å². The highest BCUT2D eigenvalue weighted by molar-refractivity contribution is 7.13. The lowest BCUT2D eigenvalue weighted by Gasteiger charge is -2.35. The smallest absolute Gasteiger partial charge is 0.165 e. The molecule has 0 aliphatic carbocycles. The zero-order chi connectivity index (χ0) is 20.5. The third kappa shape index (κ3) is 3.70. The van der Waals surface area contributed by atoms with Crippen molar-refractivity contribution in [2.24, 2.45) is 0 Å². The molecule has 1 aliphatic rings. The molecule has 2 aromatic heterocycles. The molecule has 3 heterocycles. The number of ketones is 1. The fourth-order valence-corrected chi connectivity index (χ4v) is 5.00. The van der Waals surface area contributed by atoms with Crippen molar-refractivity contribution < 1.29 is 9.18 Å². The molecule has 2 aromatic carbocycles. The summed E-state index contributed by atoms with van der Waals surface area (Å²) in [6, 6.07) is 12.9. The number of aromatic nitrogens is 2. The highest BCUT2D eigenvalue weighted by Crippen LogP contribution is 2.30. The van der Waals surface area contributed by atoms with E-state index < -0.39 is 0 Å². The molecule has 1 fully saturated rings. The summed E-state index contributed by atoms with van der Waals surface area (Å²) in [6.07, 6.45) is 2.98. The SMILES string of the molecule is O=C(CCCN1CCN(c2nsc3ccccc23)CC1)c1c[nH]c2ccc(F)cc12. The second-order valence-corrected chi connectivity index (χ2v) is 8.55. The topological polar surface area (TPSA) is 52.2 Å². The van der Waals surface area contributed by atoms with Crippen LogP contribution in [0.3, 0.4) is 0 Å². The van der Waals surface area contributed by atoms with Crippen molar-refractivity contribution in [1.82, 2.24) is 14.3 Å². The van der Waals surface area contributed by atoms with E-state index in [2.05, 4.69) is 43.4 Å². The van der Waals surface area contributed by atoms with Crippen molar-refractivity contribution in [3.8, 4) is 0 Å². The van der Waals surface area contributed by atoms with E-state index in [-0.39, 0.29) is 11.6 Å². The van der Waals surface area contributed by atoms with Crippen molar-refractivity contribution in [2.45, 2.75) is 12.8 Å². The standard InChI is InChI=1S/C23H23FN4OS/c24-16-7-8-20-18(14-16)19(15-25-20)21(29)5-3-9-27-10-12-28(13-11-27)23-17-4-1-2-6-22(17)30-26-23/h1-2,4,6-8,14-15,25H,3,5,9-13H2. The van der Waals surface area contributed by atoms with Crippen molar-refractivity contribution in [1.29, 1.82) is 0 Å². The van der Waals surface area contributed by atoms with Gasteiger partial charge in [-0.05, 0) is 54.8 Å². The number of halogens is 1. The van der Waals surface area contributed by atoms with Gasteiger partial charge in [0.15, 0.2) is 5.78 Å². The second kappa shape index (κ2) is 8.16. The summed E-state index contributed by atoms with van der Waals surface area (Å²) in [5.41, 5.74) is 1.38.